The van der Waals surface area contributed by atoms with E-state index in [2.05, 4.69) is 60.4 Å². The Morgan fingerprint density at radius 2 is 2.06 bits per heavy atom. The number of imidazole rings is 1. The summed E-state index contributed by atoms with van der Waals surface area (Å²) in [6.45, 7) is 15.9. The lowest BCUT2D eigenvalue weighted by Crippen LogP contribution is -2.44. The van der Waals surface area contributed by atoms with Crippen LogP contribution in [-0.2, 0) is 13.9 Å². The first-order valence-electron chi connectivity index (χ1n) is 10.9. The van der Waals surface area contributed by atoms with Crippen LogP contribution in [0.25, 0.3) is 11.2 Å². The maximum absolute atomic E-state index is 6.45. The molecule has 1 aliphatic heterocycles. The number of fused-ring (bicyclic) bond motifs is 1. The average Bonchev–Trinajstić information content (AvgIpc) is 3.32. The Bertz CT molecular complexity index is 953. The van der Waals surface area contributed by atoms with Gasteiger partial charge in [0.15, 0.2) is 25.3 Å². The van der Waals surface area contributed by atoms with E-state index in [1.54, 1.807) is 18.7 Å². The second-order valence-electron chi connectivity index (χ2n) is 9.83. The molecule has 10 heteroatoms. The number of aromatic nitrogens is 4. The van der Waals surface area contributed by atoms with Crippen molar-refractivity contribution in [2.75, 3.05) is 27.3 Å². The van der Waals surface area contributed by atoms with Crippen LogP contribution in [0.3, 0.4) is 0 Å². The molecule has 1 saturated heterocycles. The summed E-state index contributed by atoms with van der Waals surface area (Å²) in [5.41, 5.74) is 1.32. The second kappa shape index (κ2) is 9.78. The van der Waals surface area contributed by atoms with E-state index in [0.717, 1.165) is 0 Å². The molecule has 3 heterocycles. The molecule has 0 aromatic carbocycles. The van der Waals surface area contributed by atoms with Gasteiger partial charge in [-0.05, 0) is 18.1 Å². The van der Waals surface area contributed by atoms with Crippen molar-refractivity contribution >= 4 is 31.6 Å². The highest BCUT2D eigenvalue weighted by molar-refractivity contribution is 6.74. The number of aliphatic imine (C=N–C) groups is 1. The summed E-state index contributed by atoms with van der Waals surface area (Å²) < 4.78 is 20.8. The summed E-state index contributed by atoms with van der Waals surface area (Å²) in [5.74, 6) is 0.526. The van der Waals surface area contributed by atoms with Crippen LogP contribution in [0.5, 0.6) is 0 Å². The van der Waals surface area contributed by atoms with Crippen LogP contribution >= 0.6 is 0 Å². The molecule has 1 unspecified atom stereocenters. The highest BCUT2D eigenvalue weighted by Gasteiger charge is 2.42. The van der Waals surface area contributed by atoms with Gasteiger partial charge in [-0.1, -0.05) is 26.8 Å². The highest BCUT2D eigenvalue weighted by Crippen LogP contribution is 2.38. The number of hydrogen-bond acceptors (Lipinski definition) is 7. The van der Waals surface area contributed by atoms with Gasteiger partial charge in [0, 0.05) is 20.5 Å². The van der Waals surface area contributed by atoms with Crippen molar-refractivity contribution in [2.24, 2.45) is 4.99 Å². The molecule has 0 spiro atoms. The Hall–Kier alpha value is -2.14. The van der Waals surface area contributed by atoms with E-state index in [1.807, 2.05) is 23.6 Å². The number of hydrogen-bond donors (Lipinski definition) is 0. The molecule has 32 heavy (non-hydrogen) atoms. The number of ether oxygens (including phenoxy) is 2. The summed E-state index contributed by atoms with van der Waals surface area (Å²) in [4.78, 5) is 19.5. The minimum Gasteiger partial charge on any atom is -0.414 e. The van der Waals surface area contributed by atoms with Gasteiger partial charge in [0.25, 0.3) is 0 Å². The van der Waals surface area contributed by atoms with E-state index in [0.29, 0.717) is 36.6 Å². The summed E-state index contributed by atoms with van der Waals surface area (Å²) in [5, 5.41) is 0.128. The maximum Gasteiger partial charge on any atom is 0.192 e. The van der Waals surface area contributed by atoms with Crippen LogP contribution in [0.15, 0.2) is 30.3 Å². The predicted octanol–water partition coefficient (Wildman–Crippen LogP) is 3.93. The average molecular weight is 461 g/mol. The van der Waals surface area contributed by atoms with Crippen molar-refractivity contribution in [2.45, 2.75) is 63.8 Å². The van der Waals surface area contributed by atoms with Crippen molar-refractivity contribution in [3.63, 3.8) is 0 Å². The molecule has 2 aromatic heterocycles. The Morgan fingerprint density at radius 3 is 2.72 bits per heavy atom. The molecule has 0 saturated carbocycles. The van der Waals surface area contributed by atoms with E-state index in [4.69, 9.17) is 13.9 Å². The summed E-state index contributed by atoms with van der Waals surface area (Å²) >= 11 is 0. The van der Waals surface area contributed by atoms with Crippen molar-refractivity contribution < 1.29 is 13.9 Å². The topological polar surface area (TPSA) is 86.9 Å². The van der Waals surface area contributed by atoms with Crippen LogP contribution in [0.4, 0.5) is 5.82 Å². The Balaban J connectivity index is 1.82. The molecule has 2 aromatic rings. The maximum atomic E-state index is 6.45. The quantitative estimate of drug-likeness (QED) is 0.242. The van der Waals surface area contributed by atoms with Gasteiger partial charge in [-0.2, -0.15) is 0 Å². The van der Waals surface area contributed by atoms with Crippen LogP contribution in [-0.4, -0.2) is 78.6 Å². The summed E-state index contributed by atoms with van der Waals surface area (Å²) in [6.07, 6.45) is 6.82. The normalized spacial score (nSPS) is 22.2. The Labute approximate surface area is 191 Å². The lowest BCUT2D eigenvalue weighted by Gasteiger charge is -2.37. The van der Waals surface area contributed by atoms with Gasteiger partial charge in [0.05, 0.1) is 32.0 Å². The van der Waals surface area contributed by atoms with Crippen molar-refractivity contribution in [3.8, 4) is 0 Å². The van der Waals surface area contributed by atoms with Crippen LogP contribution in [0, 0.1) is 0 Å². The molecule has 0 bridgehead atoms. The van der Waals surface area contributed by atoms with Crippen LogP contribution in [0.1, 0.15) is 33.4 Å². The molecule has 0 aliphatic carbocycles. The third kappa shape index (κ3) is 5.43. The Kier molecular flexibility index (Phi) is 7.49. The smallest absolute Gasteiger partial charge is 0.192 e. The molecule has 1 aliphatic rings. The minimum atomic E-state index is -1.91. The number of nitrogens with zero attached hydrogens (tertiary/aromatic N) is 6. The van der Waals surface area contributed by atoms with Crippen molar-refractivity contribution in [1.82, 2.24) is 24.4 Å². The summed E-state index contributed by atoms with van der Waals surface area (Å²) in [6, 6.07) is 0. The summed E-state index contributed by atoms with van der Waals surface area (Å²) in [7, 11) is 1.90. The van der Waals surface area contributed by atoms with Gasteiger partial charge in [0.2, 0.25) is 0 Å². The van der Waals surface area contributed by atoms with Gasteiger partial charge < -0.3 is 18.8 Å². The third-order valence-corrected chi connectivity index (χ3v) is 10.6. The van der Waals surface area contributed by atoms with E-state index in [9.17, 15) is 0 Å². The fourth-order valence-electron chi connectivity index (χ4n) is 3.21. The van der Waals surface area contributed by atoms with E-state index in [1.165, 1.54) is 6.33 Å². The zero-order chi connectivity index (χ0) is 23.5. The number of rotatable bonds is 9. The van der Waals surface area contributed by atoms with E-state index >= 15 is 0 Å². The molecular formula is C22H36N6O3Si. The molecule has 0 radical (unpaired) electrons. The van der Waals surface area contributed by atoms with Crippen molar-refractivity contribution in [1.29, 1.82) is 0 Å². The molecule has 3 rings (SSSR count). The SMILES string of the molecule is C=CCOC1C[C@H](n2cnc3c(/N=C/N(C)C)ncnc32)O[C@@H]1CO[Si](C)(C)C(C)(C)C. The van der Waals surface area contributed by atoms with Crippen molar-refractivity contribution in [3.05, 3.63) is 25.3 Å². The minimum absolute atomic E-state index is 0.103. The lowest BCUT2D eigenvalue weighted by molar-refractivity contribution is -0.0536. The van der Waals surface area contributed by atoms with Crippen LogP contribution < -0.4 is 0 Å². The van der Waals surface area contributed by atoms with Gasteiger partial charge in [-0.25, -0.2) is 19.9 Å². The van der Waals surface area contributed by atoms with Gasteiger partial charge >= 0.3 is 0 Å². The molecule has 0 amide bonds. The fraction of sp³-hybridized carbons (Fsp3) is 0.636. The predicted molar refractivity (Wildman–Crippen MR) is 129 cm³/mol. The zero-order valence-electron chi connectivity index (χ0n) is 20.3. The highest BCUT2D eigenvalue weighted by atomic mass is 28.4. The Morgan fingerprint density at radius 1 is 1.31 bits per heavy atom. The molecule has 9 nitrogen and oxygen atoms in total. The van der Waals surface area contributed by atoms with Gasteiger partial charge in [0.1, 0.15) is 18.7 Å². The first-order valence-corrected chi connectivity index (χ1v) is 13.8. The van der Waals surface area contributed by atoms with Gasteiger partial charge in [-0.15, -0.1) is 6.58 Å². The molecular weight excluding hydrogens is 424 g/mol. The standard InChI is InChI=1S/C22H36N6O3Si/c1-9-10-29-16-11-18(31-17(16)12-30-32(7,8)22(2,3)4)28-15-25-19-20(26-14-27(5)6)23-13-24-21(19)28/h9,13-18H,1,10-12H2,2-8H3/b26-14+/t16?,17-,18-/m1/s1. The fourth-order valence-corrected chi connectivity index (χ4v) is 4.22. The van der Waals surface area contributed by atoms with E-state index < -0.39 is 8.32 Å². The second-order valence-corrected chi connectivity index (χ2v) is 14.6. The zero-order valence-corrected chi connectivity index (χ0v) is 21.3. The van der Waals surface area contributed by atoms with E-state index in [-0.39, 0.29) is 23.5 Å². The third-order valence-electron chi connectivity index (χ3n) is 6.08. The molecule has 176 valence electrons. The molecule has 3 atom stereocenters. The molecule has 1 fully saturated rings. The first kappa shape index (κ1) is 24.5. The lowest BCUT2D eigenvalue weighted by atomic mass is 10.2. The molecule has 0 N–H and O–H groups in total. The monoisotopic (exact) mass is 460 g/mol. The first-order chi connectivity index (χ1) is 15.0. The van der Waals surface area contributed by atoms with Crippen LogP contribution in [0.2, 0.25) is 18.1 Å². The van der Waals surface area contributed by atoms with Gasteiger partial charge in [-0.3, -0.25) is 4.57 Å². The largest absolute Gasteiger partial charge is 0.414 e.